The quantitative estimate of drug-likeness (QED) is 0.905. The third kappa shape index (κ3) is 2.52. The lowest BCUT2D eigenvalue weighted by molar-refractivity contribution is 0.0894. The fourth-order valence-electron chi connectivity index (χ4n) is 2.68. The molecule has 0 saturated carbocycles. The van der Waals surface area contributed by atoms with Gasteiger partial charge in [-0.25, -0.2) is 0 Å². The summed E-state index contributed by atoms with van der Waals surface area (Å²) in [7, 11) is 2.92. The van der Waals surface area contributed by atoms with Gasteiger partial charge in [0.15, 0.2) is 17.3 Å². The summed E-state index contributed by atoms with van der Waals surface area (Å²) in [5.41, 5.74) is 0.908. The van der Waals surface area contributed by atoms with Gasteiger partial charge in [-0.05, 0) is 18.2 Å². The van der Waals surface area contributed by atoms with Crippen LogP contribution in [0.15, 0.2) is 30.3 Å². The van der Waals surface area contributed by atoms with Crippen molar-refractivity contribution in [2.24, 2.45) is 0 Å². The first-order valence-corrected chi connectivity index (χ1v) is 7.00. The summed E-state index contributed by atoms with van der Waals surface area (Å²) in [6.45, 7) is 0.0947. The van der Waals surface area contributed by atoms with Crippen LogP contribution in [0, 0.1) is 0 Å². The fourth-order valence-corrected chi connectivity index (χ4v) is 2.68. The third-order valence-corrected chi connectivity index (χ3v) is 3.86. The lowest BCUT2D eigenvalue weighted by Crippen LogP contribution is -2.26. The van der Waals surface area contributed by atoms with E-state index in [0.717, 1.165) is 0 Å². The molecule has 120 valence electrons. The van der Waals surface area contributed by atoms with Crippen LogP contribution in [0.2, 0.25) is 0 Å². The third-order valence-electron chi connectivity index (χ3n) is 3.86. The predicted octanol–water partition coefficient (Wildman–Crippen LogP) is 2.47. The maximum Gasteiger partial charge on any atom is 0.177 e. The Hall–Kier alpha value is -2.89. The number of benzene rings is 2. The van der Waals surface area contributed by atoms with Crippen molar-refractivity contribution in [1.29, 1.82) is 0 Å². The molecule has 0 fully saturated rings. The standard InChI is InChI=1S/C17H16O6/c1-21-14-7-16(22-2)13(19)6-11(14)12-8-23-15-5-9(18)3-4-10(15)17(12)20/h3-7,12,18-19H,8H2,1-2H3. The van der Waals surface area contributed by atoms with Crippen LogP contribution in [0.4, 0.5) is 0 Å². The first kappa shape index (κ1) is 15.0. The molecule has 2 aromatic rings. The Labute approximate surface area is 132 Å². The molecule has 3 rings (SSSR count). The van der Waals surface area contributed by atoms with Crippen molar-refractivity contribution in [2.45, 2.75) is 5.92 Å². The van der Waals surface area contributed by atoms with E-state index in [0.29, 0.717) is 22.6 Å². The predicted molar refractivity (Wildman–Crippen MR) is 81.9 cm³/mol. The van der Waals surface area contributed by atoms with Crippen LogP contribution >= 0.6 is 0 Å². The molecule has 1 aliphatic heterocycles. The summed E-state index contributed by atoms with van der Waals surface area (Å²) in [6.07, 6.45) is 0. The molecule has 0 saturated heterocycles. The van der Waals surface area contributed by atoms with Crippen LogP contribution in [-0.4, -0.2) is 36.8 Å². The molecule has 0 spiro atoms. The number of ether oxygens (including phenoxy) is 3. The highest BCUT2D eigenvalue weighted by molar-refractivity contribution is 6.04. The molecule has 0 aliphatic carbocycles. The minimum Gasteiger partial charge on any atom is -0.508 e. The second-order valence-electron chi connectivity index (χ2n) is 5.17. The number of hydrogen-bond acceptors (Lipinski definition) is 6. The Balaban J connectivity index is 2.05. The number of carbonyl (C=O) groups is 1. The Morgan fingerprint density at radius 1 is 1.09 bits per heavy atom. The molecular formula is C17H16O6. The molecule has 0 bridgehead atoms. The van der Waals surface area contributed by atoms with Crippen LogP contribution in [0.3, 0.4) is 0 Å². The van der Waals surface area contributed by atoms with Crippen molar-refractivity contribution in [2.75, 3.05) is 20.8 Å². The van der Waals surface area contributed by atoms with E-state index >= 15 is 0 Å². The number of aromatic hydroxyl groups is 2. The molecule has 0 aromatic heterocycles. The molecule has 1 unspecified atom stereocenters. The van der Waals surface area contributed by atoms with Crippen LogP contribution < -0.4 is 14.2 Å². The number of ketones is 1. The number of carbonyl (C=O) groups excluding carboxylic acids is 1. The number of phenolic OH excluding ortho intramolecular Hbond substituents is 2. The maximum absolute atomic E-state index is 12.7. The van der Waals surface area contributed by atoms with Gasteiger partial charge in [-0.15, -0.1) is 0 Å². The zero-order chi connectivity index (χ0) is 16.6. The number of phenols is 2. The van der Waals surface area contributed by atoms with Gasteiger partial charge in [0.1, 0.15) is 23.9 Å². The van der Waals surface area contributed by atoms with E-state index in [1.165, 1.54) is 44.6 Å². The fraction of sp³-hybridized carbons (Fsp3) is 0.235. The minimum absolute atomic E-state index is 0.0367. The molecule has 1 atom stereocenters. The normalized spacial score (nSPS) is 16.4. The van der Waals surface area contributed by atoms with E-state index in [2.05, 4.69) is 0 Å². The van der Waals surface area contributed by atoms with Gasteiger partial charge in [0.25, 0.3) is 0 Å². The van der Waals surface area contributed by atoms with Gasteiger partial charge >= 0.3 is 0 Å². The number of rotatable bonds is 3. The maximum atomic E-state index is 12.7. The second-order valence-corrected chi connectivity index (χ2v) is 5.17. The zero-order valence-corrected chi connectivity index (χ0v) is 12.7. The average Bonchev–Trinajstić information content (AvgIpc) is 2.55. The molecule has 1 aliphatic rings. The molecule has 2 N–H and O–H groups in total. The molecule has 6 heteroatoms. The highest BCUT2D eigenvalue weighted by Crippen LogP contribution is 2.41. The van der Waals surface area contributed by atoms with E-state index in [-0.39, 0.29) is 29.6 Å². The summed E-state index contributed by atoms with van der Waals surface area (Å²) >= 11 is 0. The minimum atomic E-state index is -0.612. The van der Waals surface area contributed by atoms with Gasteiger partial charge < -0.3 is 24.4 Å². The zero-order valence-electron chi connectivity index (χ0n) is 12.7. The Morgan fingerprint density at radius 3 is 2.52 bits per heavy atom. The Morgan fingerprint density at radius 2 is 1.83 bits per heavy atom. The first-order chi connectivity index (χ1) is 11.0. The van der Waals surface area contributed by atoms with E-state index in [9.17, 15) is 15.0 Å². The molecule has 6 nitrogen and oxygen atoms in total. The Kier molecular flexibility index (Phi) is 3.73. The van der Waals surface area contributed by atoms with E-state index in [1.54, 1.807) is 0 Å². The summed E-state index contributed by atoms with van der Waals surface area (Å²) in [6, 6.07) is 7.35. The number of Topliss-reactive ketones (excluding diaryl/α,β-unsaturated/α-hetero) is 1. The van der Waals surface area contributed by atoms with Gasteiger partial charge in [0, 0.05) is 17.7 Å². The number of fused-ring (bicyclic) bond motifs is 1. The van der Waals surface area contributed by atoms with E-state index in [4.69, 9.17) is 14.2 Å². The number of hydrogen-bond donors (Lipinski definition) is 2. The average molecular weight is 316 g/mol. The highest BCUT2D eigenvalue weighted by Gasteiger charge is 2.33. The Bertz CT molecular complexity index is 768. The number of methoxy groups -OCH3 is 2. The van der Waals surface area contributed by atoms with Crippen LogP contribution in [0.5, 0.6) is 28.7 Å². The smallest absolute Gasteiger partial charge is 0.177 e. The van der Waals surface area contributed by atoms with Crippen molar-refractivity contribution in [3.05, 3.63) is 41.5 Å². The molecule has 0 amide bonds. The van der Waals surface area contributed by atoms with Gasteiger partial charge in [0.2, 0.25) is 0 Å². The summed E-state index contributed by atoms with van der Waals surface area (Å²) < 4.78 is 16.0. The van der Waals surface area contributed by atoms with Crippen molar-refractivity contribution in [3.63, 3.8) is 0 Å². The summed E-state index contributed by atoms with van der Waals surface area (Å²) in [5.74, 6) is 0.238. The first-order valence-electron chi connectivity index (χ1n) is 7.00. The van der Waals surface area contributed by atoms with Crippen LogP contribution in [0.1, 0.15) is 21.8 Å². The van der Waals surface area contributed by atoms with Crippen LogP contribution in [0.25, 0.3) is 0 Å². The topological polar surface area (TPSA) is 85.2 Å². The van der Waals surface area contributed by atoms with Gasteiger partial charge in [-0.1, -0.05) is 0 Å². The molecule has 0 radical (unpaired) electrons. The van der Waals surface area contributed by atoms with Crippen molar-refractivity contribution < 1.29 is 29.2 Å². The molecule has 2 aromatic carbocycles. The molecular weight excluding hydrogens is 300 g/mol. The van der Waals surface area contributed by atoms with Crippen molar-refractivity contribution in [1.82, 2.24) is 0 Å². The van der Waals surface area contributed by atoms with E-state index < -0.39 is 5.92 Å². The monoisotopic (exact) mass is 316 g/mol. The lowest BCUT2D eigenvalue weighted by Gasteiger charge is -2.26. The highest BCUT2D eigenvalue weighted by atomic mass is 16.5. The van der Waals surface area contributed by atoms with Gasteiger partial charge in [-0.3, -0.25) is 4.79 Å². The molecule has 1 heterocycles. The second kappa shape index (κ2) is 5.72. The summed E-state index contributed by atoms with van der Waals surface area (Å²) in [4.78, 5) is 12.7. The van der Waals surface area contributed by atoms with E-state index in [1.807, 2.05) is 0 Å². The van der Waals surface area contributed by atoms with Crippen molar-refractivity contribution >= 4 is 5.78 Å². The lowest BCUT2D eigenvalue weighted by atomic mass is 9.88. The van der Waals surface area contributed by atoms with Gasteiger partial charge in [0.05, 0.1) is 25.7 Å². The van der Waals surface area contributed by atoms with Crippen molar-refractivity contribution in [3.8, 4) is 28.7 Å². The SMILES string of the molecule is COc1cc(OC)c(C2COc3cc(O)ccc3C2=O)cc1O. The van der Waals surface area contributed by atoms with Gasteiger partial charge in [-0.2, -0.15) is 0 Å². The van der Waals surface area contributed by atoms with Crippen LogP contribution in [-0.2, 0) is 0 Å². The summed E-state index contributed by atoms with van der Waals surface area (Å²) in [5, 5.41) is 19.5. The molecule has 23 heavy (non-hydrogen) atoms. The largest absolute Gasteiger partial charge is 0.508 e.